The van der Waals surface area contributed by atoms with Crippen molar-refractivity contribution in [1.82, 2.24) is 9.97 Å². The molecule has 2 aromatic rings. The SMILES string of the molecule is O=C(O)CC(c1cccc2[nH]c(=O)[nH]c12)C1CC1. The van der Waals surface area contributed by atoms with Crippen LogP contribution >= 0.6 is 0 Å². The number of hydrogen-bond acceptors (Lipinski definition) is 2. The number of aromatic nitrogens is 2. The monoisotopic (exact) mass is 246 g/mol. The summed E-state index contributed by atoms with van der Waals surface area (Å²) in [5.74, 6) is -0.357. The predicted octanol–water partition coefficient (Wildman–Crippen LogP) is 1.82. The third kappa shape index (κ3) is 1.92. The van der Waals surface area contributed by atoms with Gasteiger partial charge in [-0.2, -0.15) is 0 Å². The first-order chi connectivity index (χ1) is 8.65. The second kappa shape index (κ2) is 4.01. The van der Waals surface area contributed by atoms with Crippen molar-refractivity contribution in [2.75, 3.05) is 0 Å². The Labute approximate surface area is 103 Å². The quantitative estimate of drug-likeness (QED) is 0.769. The fraction of sp³-hybridized carbons (Fsp3) is 0.385. The summed E-state index contributed by atoms with van der Waals surface area (Å²) in [5, 5.41) is 9.02. The number of para-hydroxylation sites is 1. The van der Waals surface area contributed by atoms with Crippen LogP contribution in [0.1, 0.15) is 30.7 Å². The van der Waals surface area contributed by atoms with Crippen molar-refractivity contribution in [2.24, 2.45) is 5.92 Å². The van der Waals surface area contributed by atoms with E-state index < -0.39 is 5.97 Å². The third-order valence-corrected chi connectivity index (χ3v) is 3.57. The largest absolute Gasteiger partial charge is 0.481 e. The molecule has 5 nitrogen and oxygen atoms in total. The maximum Gasteiger partial charge on any atom is 0.323 e. The highest BCUT2D eigenvalue weighted by atomic mass is 16.4. The summed E-state index contributed by atoms with van der Waals surface area (Å²) in [6.07, 6.45) is 2.27. The molecule has 0 bridgehead atoms. The minimum atomic E-state index is -0.790. The third-order valence-electron chi connectivity index (χ3n) is 3.57. The highest BCUT2D eigenvalue weighted by Gasteiger charge is 2.34. The molecular formula is C13H14N2O3. The molecule has 1 heterocycles. The molecule has 18 heavy (non-hydrogen) atoms. The van der Waals surface area contributed by atoms with Gasteiger partial charge in [-0.25, -0.2) is 4.79 Å². The van der Waals surface area contributed by atoms with Crippen LogP contribution in [0.2, 0.25) is 0 Å². The second-order valence-corrected chi connectivity index (χ2v) is 4.89. The van der Waals surface area contributed by atoms with Crippen LogP contribution in [0.3, 0.4) is 0 Å². The van der Waals surface area contributed by atoms with Crippen LogP contribution in [0.4, 0.5) is 0 Å². The Morgan fingerprint density at radius 1 is 1.39 bits per heavy atom. The lowest BCUT2D eigenvalue weighted by Gasteiger charge is -2.15. The van der Waals surface area contributed by atoms with E-state index in [1.54, 1.807) is 0 Å². The molecule has 1 fully saturated rings. The number of rotatable bonds is 4. The topological polar surface area (TPSA) is 85.9 Å². The number of carbonyl (C=O) groups is 1. The van der Waals surface area contributed by atoms with Crippen LogP contribution in [0.15, 0.2) is 23.0 Å². The minimum absolute atomic E-state index is 0.00218. The van der Waals surface area contributed by atoms with Crippen LogP contribution < -0.4 is 5.69 Å². The summed E-state index contributed by atoms with van der Waals surface area (Å²) in [6, 6.07) is 5.60. The number of carboxylic acids is 1. The lowest BCUT2D eigenvalue weighted by Crippen LogP contribution is -2.09. The van der Waals surface area contributed by atoms with E-state index >= 15 is 0 Å². The van der Waals surface area contributed by atoms with E-state index in [0.29, 0.717) is 5.92 Å². The molecule has 0 saturated heterocycles. The molecular weight excluding hydrogens is 232 g/mol. The Morgan fingerprint density at radius 3 is 2.83 bits per heavy atom. The Kier molecular flexibility index (Phi) is 2.47. The van der Waals surface area contributed by atoms with E-state index in [0.717, 1.165) is 29.4 Å². The summed E-state index contributed by atoms with van der Waals surface area (Å²) in [6.45, 7) is 0. The zero-order valence-electron chi connectivity index (χ0n) is 9.77. The normalized spacial score (nSPS) is 16.9. The van der Waals surface area contributed by atoms with Gasteiger partial charge in [-0.15, -0.1) is 0 Å². The Balaban J connectivity index is 2.10. The first-order valence-corrected chi connectivity index (χ1v) is 6.08. The van der Waals surface area contributed by atoms with Crippen molar-refractivity contribution < 1.29 is 9.90 Å². The highest BCUT2D eigenvalue weighted by Crippen LogP contribution is 2.45. The molecule has 0 aliphatic heterocycles. The van der Waals surface area contributed by atoms with Gasteiger partial charge in [0.05, 0.1) is 17.5 Å². The molecule has 5 heteroatoms. The van der Waals surface area contributed by atoms with Crippen LogP contribution in [-0.2, 0) is 4.79 Å². The fourth-order valence-corrected chi connectivity index (χ4v) is 2.61. The van der Waals surface area contributed by atoms with Crippen LogP contribution in [0.25, 0.3) is 11.0 Å². The zero-order chi connectivity index (χ0) is 12.7. The first-order valence-electron chi connectivity index (χ1n) is 6.08. The molecule has 3 N–H and O–H groups in total. The molecule has 1 aliphatic carbocycles. The van der Waals surface area contributed by atoms with Crippen LogP contribution in [-0.4, -0.2) is 21.0 Å². The van der Waals surface area contributed by atoms with Crippen molar-refractivity contribution >= 4 is 17.0 Å². The molecule has 3 rings (SSSR count). The van der Waals surface area contributed by atoms with Crippen LogP contribution in [0.5, 0.6) is 0 Å². The Bertz CT molecular complexity index is 652. The molecule has 94 valence electrons. The van der Waals surface area contributed by atoms with Crippen molar-refractivity contribution in [1.29, 1.82) is 0 Å². The smallest absolute Gasteiger partial charge is 0.323 e. The standard InChI is InChI=1S/C13H14N2O3/c16-11(17)6-9(7-4-5-7)8-2-1-3-10-12(8)15-13(18)14-10/h1-3,7,9H,4-6H2,(H,16,17)(H2,14,15,18). The van der Waals surface area contributed by atoms with Gasteiger partial charge in [0.2, 0.25) is 0 Å². The minimum Gasteiger partial charge on any atom is -0.481 e. The van der Waals surface area contributed by atoms with E-state index in [9.17, 15) is 9.59 Å². The van der Waals surface area contributed by atoms with Gasteiger partial charge < -0.3 is 15.1 Å². The number of nitrogens with one attached hydrogen (secondary N) is 2. The summed E-state index contributed by atoms with van der Waals surface area (Å²) < 4.78 is 0. The van der Waals surface area contributed by atoms with E-state index in [4.69, 9.17) is 5.11 Å². The summed E-state index contributed by atoms with van der Waals surface area (Å²) >= 11 is 0. The zero-order valence-corrected chi connectivity index (χ0v) is 9.77. The van der Waals surface area contributed by atoms with Crippen molar-refractivity contribution in [2.45, 2.75) is 25.2 Å². The van der Waals surface area contributed by atoms with Gasteiger partial charge in [0.1, 0.15) is 0 Å². The van der Waals surface area contributed by atoms with Crippen molar-refractivity contribution in [3.8, 4) is 0 Å². The van der Waals surface area contributed by atoms with Crippen molar-refractivity contribution in [3.05, 3.63) is 34.2 Å². The number of benzene rings is 1. The molecule has 1 aromatic carbocycles. The summed E-state index contributed by atoms with van der Waals surface area (Å²) in [4.78, 5) is 27.8. The summed E-state index contributed by atoms with van der Waals surface area (Å²) in [5.41, 5.74) is 2.19. The Morgan fingerprint density at radius 2 is 2.17 bits per heavy atom. The number of imidazole rings is 1. The predicted molar refractivity (Wildman–Crippen MR) is 66.6 cm³/mol. The van der Waals surface area contributed by atoms with E-state index in [1.165, 1.54) is 0 Å². The van der Waals surface area contributed by atoms with E-state index in [2.05, 4.69) is 9.97 Å². The van der Waals surface area contributed by atoms with E-state index in [1.807, 2.05) is 18.2 Å². The second-order valence-electron chi connectivity index (χ2n) is 4.89. The fourth-order valence-electron chi connectivity index (χ4n) is 2.61. The molecule has 1 aromatic heterocycles. The Hall–Kier alpha value is -2.04. The number of hydrogen-bond donors (Lipinski definition) is 3. The van der Waals surface area contributed by atoms with Gasteiger partial charge in [0, 0.05) is 0 Å². The highest BCUT2D eigenvalue weighted by molar-refractivity contribution is 5.80. The van der Waals surface area contributed by atoms with Crippen LogP contribution in [0, 0.1) is 5.92 Å². The first kappa shape index (κ1) is 11.1. The van der Waals surface area contributed by atoms with Gasteiger partial charge in [0.25, 0.3) is 0 Å². The molecule has 0 radical (unpaired) electrons. The van der Waals surface area contributed by atoms with Gasteiger partial charge in [0.15, 0.2) is 0 Å². The van der Waals surface area contributed by atoms with Gasteiger partial charge in [-0.1, -0.05) is 12.1 Å². The number of fused-ring (bicyclic) bond motifs is 1. The molecule has 0 amide bonds. The van der Waals surface area contributed by atoms with E-state index in [-0.39, 0.29) is 18.0 Å². The average Bonchev–Trinajstić information content (AvgIpc) is 3.06. The number of carboxylic acid groups (broad SMARTS) is 1. The molecule has 1 unspecified atom stereocenters. The van der Waals surface area contributed by atoms with Gasteiger partial charge in [-0.05, 0) is 36.3 Å². The molecule has 1 atom stereocenters. The molecule has 1 saturated carbocycles. The molecule has 0 spiro atoms. The average molecular weight is 246 g/mol. The van der Waals surface area contributed by atoms with Gasteiger partial charge >= 0.3 is 11.7 Å². The number of aromatic amines is 2. The summed E-state index contributed by atoms with van der Waals surface area (Å²) in [7, 11) is 0. The number of aliphatic carboxylic acids is 1. The lowest BCUT2D eigenvalue weighted by molar-refractivity contribution is -0.137. The maximum atomic E-state index is 11.3. The lowest BCUT2D eigenvalue weighted by atomic mass is 9.90. The maximum absolute atomic E-state index is 11.3. The molecule has 1 aliphatic rings. The van der Waals surface area contributed by atoms with Crippen molar-refractivity contribution in [3.63, 3.8) is 0 Å². The van der Waals surface area contributed by atoms with Gasteiger partial charge in [-0.3, -0.25) is 4.79 Å². The number of H-pyrrole nitrogens is 2.